The van der Waals surface area contributed by atoms with E-state index in [9.17, 15) is 10.2 Å². The van der Waals surface area contributed by atoms with Crippen molar-refractivity contribution in [2.45, 2.75) is 6.42 Å². The lowest BCUT2D eigenvalue weighted by atomic mass is 10.0. The predicted octanol–water partition coefficient (Wildman–Crippen LogP) is 6.19. The second-order valence-corrected chi connectivity index (χ2v) is 7.07. The number of phenolic OH excluding ortho intramolecular Hbond substituents is 2. The van der Waals surface area contributed by atoms with Gasteiger partial charge in [0.2, 0.25) is 0 Å². The van der Waals surface area contributed by atoms with Crippen LogP contribution in [0.25, 0.3) is 0 Å². The van der Waals surface area contributed by atoms with E-state index in [-0.39, 0.29) is 11.5 Å². The van der Waals surface area contributed by atoms with Gasteiger partial charge in [-0.05, 0) is 47.5 Å². The largest absolute Gasteiger partial charge is 0.507 e. The molecule has 0 atom stereocenters. The minimum atomic E-state index is 0.201. The topological polar surface area (TPSA) is 65.2 Å². The molecule has 0 spiro atoms. The van der Waals surface area contributed by atoms with E-state index >= 15 is 0 Å². The van der Waals surface area contributed by atoms with Crippen LogP contribution in [0.3, 0.4) is 0 Å². The number of aromatic hydroxyl groups is 2. The molecule has 0 aliphatic rings. The van der Waals surface area contributed by atoms with Crippen LogP contribution < -0.4 is 0 Å². The number of para-hydroxylation sites is 4. The van der Waals surface area contributed by atoms with Crippen molar-refractivity contribution in [3.8, 4) is 11.5 Å². The Morgan fingerprint density at radius 2 is 0.903 bits per heavy atom. The molecular formula is C27H22N2O2. The third-order valence-corrected chi connectivity index (χ3v) is 4.92. The molecule has 4 aromatic rings. The molecule has 4 heteroatoms. The van der Waals surface area contributed by atoms with Gasteiger partial charge in [-0.2, -0.15) is 0 Å². The third-order valence-electron chi connectivity index (χ3n) is 4.92. The molecule has 0 unspecified atom stereocenters. The second kappa shape index (κ2) is 9.55. The van der Waals surface area contributed by atoms with Crippen molar-refractivity contribution in [2.75, 3.05) is 0 Å². The Labute approximate surface area is 181 Å². The van der Waals surface area contributed by atoms with E-state index in [0.717, 1.165) is 22.5 Å². The van der Waals surface area contributed by atoms with Crippen molar-refractivity contribution in [1.29, 1.82) is 0 Å². The number of rotatable bonds is 6. The van der Waals surface area contributed by atoms with Gasteiger partial charge in [0, 0.05) is 30.0 Å². The Bertz CT molecular complexity index is 1150. The lowest BCUT2D eigenvalue weighted by Gasteiger charge is -2.09. The van der Waals surface area contributed by atoms with Crippen molar-refractivity contribution < 1.29 is 10.2 Å². The van der Waals surface area contributed by atoms with Crippen LogP contribution in [0.15, 0.2) is 107 Å². The van der Waals surface area contributed by atoms with Gasteiger partial charge in [0.15, 0.2) is 0 Å². The van der Waals surface area contributed by atoms with E-state index in [4.69, 9.17) is 0 Å². The summed E-state index contributed by atoms with van der Waals surface area (Å²) in [5.74, 6) is 0.403. The van der Waals surface area contributed by atoms with Crippen molar-refractivity contribution in [3.05, 3.63) is 119 Å². The maximum absolute atomic E-state index is 9.98. The molecule has 152 valence electrons. The Morgan fingerprint density at radius 3 is 1.35 bits per heavy atom. The second-order valence-electron chi connectivity index (χ2n) is 7.07. The summed E-state index contributed by atoms with van der Waals surface area (Å²) in [5.41, 5.74) is 5.13. The summed E-state index contributed by atoms with van der Waals surface area (Å²) in [6.07, 6.45) is 4.01. The Hall–Kier alpha value is -4.18. The minimum absolute atomic E-state index is 0.201. The zero-order chi connectivity index (χ0) is 21.5. The molecule has 2 N–H and O–H groups in total. The van der Waals surface area contributed by atoms with Gasteiger partial charge in [-0.15, -0.1) is 0 Å². The summed E-state index contributed by atoms with van der Waals surface area (Å²) < 4.78 is 0. The lowest BCUT2D eigenvalue weighted by Crippen LogP contribution is -1.91. The molecule has 0 saturated heterocycles. The van der Waals surface area contributed by atoms with Gasteiger partial charge < -0.3 is 10.2 Å². The number of nitrogens with zero attached hydrogens (tertiary/aromatic N) is 2. The van der Waals surface area contributed by atoms with E-state index < -0.39 is 0 Å². The van der Waals surface area contributed by atoms with E-state index in [0.29, 0.717) is 17.5 Å². The highest BCUT2D eigenvalue weighted by atomic mass is 16.3. The van der Waals surface area contributed by atoms with Crippen LogP contribution in [0, 0.1) is 0 Å². The van der Waals surface area contributed by atoms with Gasteiger partial charge in [0.1, 0.15) is 11.5 Å². The molecule has 0 amide bonds. The summed E-state index contributed by atoms with van der Waals surface area (Å²) in [6.45, 7) is 0. The molecule has 0 saturated carbocycles. The molecular weight excluding hydrogens is 384 g/mol. The zero-order valence-electron chi connectivity index (χ0n) is 16.9. The summed E-state index contributed by atoms with van der Waals surface area (Å²) in [7, 11) is 0. The first-order valence-electron chi connectivity index (χ1n) is 10.0. The smallest absolute Gasteiger partial charge is 0.124 e. The van der Waals surface area contributed by atoms with Crippen LogP contribution in [-0.4, -0.2) is 22.6 Å². The molecule has 0 fully saturated rings. The normalized spacial score (nSPS) is 11.4. The highest BCUT2D eigenvalue weighted by molar-refractivity contribution is 5.86. The van der Waals surface area contributed by atoms with Gasteiger partial charge in [0.25, 0.3) is 0 Å². The zero-order valence-corrected chi connectivity index (χ0v) is 16.9. The molecule has 4 aromatic carbocycles. The molecule has 0 radical (unpaired) electrons. The minimum Gasteiger partial charge on any atom is -0.507 e. The number of phenols is 2. The van der Waals surface area contributed by atoms with Crippen molar-refractivity contribution in [2.24, 2.45) is 9.98 Å². The average Bonchev–Trinajstić information content (AvgIpc) is 2.80. The van der Waals surface area contributed by atoms with Gasteiger partial charge in [-0.1, -0.05) is 60.7 Å². The SMILES string of the molecule is Oc1ccccc1C=Nc1ccccc1Cc1ccccc1N=Cc1ccccc1O. The number of hydrogen-bond donors (Lipinski definition) is 2. The summed E-state index contributed by atoms with van der Waals surface area (Å²) in [4.78, 5) is 9.22. The molecule has 0 aliphatic heterocycles. The third kappa shape index (κ3) is 5.06. The fourth-order valence-electron chi connectivity index (χ4n) is 3.25. The fraction of sp³-hybridized carbons (Fsp3) is 0.0370. The van der Waals surface area contributed by atoms with Gasteiger partial charge in [-0.3, -0.25) is 9.98 Å². The van der Waals surface area contributed by atoms with Crippen LogP contribution in [0.5, 0.6) is 11.5 Å². The average molecular weight is 406 g/mol. The molecule has 0 aliphatic carbocycles. The van der Waals surface area contributed by atoms with Crippen LogP contribution in [-0.2, 0) is 6.42 Å². The predicted molar refractivity (Wildman–Crippen MR) is 126 cm³/mol. The highest BCUT2D eigenvalue weighted by Gasteiger charge is 2.06. The van der Waals surface area contributed by atoms with Crippen molar-refractivity contribution in [3.63, 3.8) is 0 Å². The first kappa shape index (κ1) is 20.1. The first-order chi connectivity index (χ1) is 15.2. The van der Waals surface area contributed by atoms with E-state index in [1.165, 1.54) is 0 Å². The highest BCUT2D eigenvalue weighted by Crippen LogP contribution is 2.28. The van der Waals surface area contributed by atoms with Crippen LogP contribution in [0.1, 0.15) is 22.3 Å². The molecule has 0 aromatic heterocycles. The van der Waals surface area contributed by atoms with Gasteiger partial charge in [-0.25, -0.2) is 0 Å². The number of aliphatic imine (C=N–C) groups is 2. The Morgan fingerprint density at radius 1 is 0.516 bits per heavy atom. The molecule has 0 heterocycles. The maximum Gasteiger partial charge on any atom is 0.124 e. The molecule has 4 rings (SSSR count). The van der Waals surface area contributed by atoms with E-state index in [2.05, 4.69) is 9.98 Å². The van der Waals surface area contributed by atoms with E-state index in [1.54, 1.807) is 36.7 Å². The maximum atomic E-state index is 9.98. The van der Waals surface area contributed by atoms with Crippen molar-refractivity contribution >= 4 is 23.8 Å². The lowest BCUT2D eigenvalue weighted by molar-refractivity contribution is 0.474. The summed E-state index contributed by atoms with van der Waals surface area (Å²) in [5, 5.41) is 20.0. The van der Waals surface area contributed by atoms with E-state index in [1.807, 2.05) is 72.8 Å². The quantitative estimate of drug-likeness (QED) is 0.375. The summed E-state index contributed by atoms with van der Waals surface area (Å²) in [6, 6.07) is 30.1. The Kier molecular flexibility index (Phi) is 6.19. The molecule has 0 bridgehead atoms. The standard InChI is InChI=1S/C27H22N2O2/c30-26-15-7-3-11-22(26)18-28-24-13-5-1-9-20(24)17-21-10-2-6-14-25(21)29-19-23-12-4-8-16-27(23)31/h1-16,18-19,30-31H,17H2. The molecule has 31 heavy (non-hydrogen) atoms. The Balaban J connectivity index is 1.61. The monoisotopic (exact) mass is 406 g/mol. The van der Waals surface area contributed by atoms with Gasteiger partial charge >= 0.3 is 0 Å². The fourth-order valence-corrected chi connectivity index (χ4v) is 3.25. The molecule has 4 nitrogen and oxygen atoms in total. The number of benzene rings is 4. The van der Waals surface area contributed by atoms with Crippen LogP contribution >= 0.6 is 0 Å². The first-order valence-corrected chi connectivity index (χ1v) is 10.0. The van der Waals surface area contributed by atoms with Gasteiger partial charge in [0.05, 0.1) is 11.4 Å². The van der Waals surface area contributed by atoms with Crippen molar-refractivity contribution in [1.82, 2.24) is 0 Å². The summed E-state index contributed by atoms with van der Waals surface area (Å²) >= 11 is 0. The number of hydrogen-bond acceptors (Lipinski definition) is 4. The van der Waals surface area contributed by atoms with Crippen LogP contribution in [0.4, 0.5) is 11.4 Å². The van der Waals surface area contributed by atoms with Crippen LogP contribution in [0.2, 0.25) is 0 Å².